The van der Waals surface area contributed by atoms with E-state index >= 15 is 0 Å². The molecule has 2 unspecified atom stereocenters. The Bertz CT molecular complexity index is 425. The average Bonchev–Trinajstić information content (AvgIpc) is 2.86. The number of carbonyl (C=O) groups is 1. The van der Waals surface area contributed by atoms with E-state index in [-0.39, 0.29) is 5.69 Å². The number of nitrogens with one attached hydrogen (secondary N) is 1. The van der Waals surface area contributed by atoms with Crippen molar-refractivity contribution in [2.24, 2.45) is 0 Å². The van der Waals surface area contributed by atoms with Gasteiger partial charge >= 0.3 is 5.97 Å². The molecule has 1 saturated carbocycles. The predicted molar refractivity (Wildman–Crippen MR) is 65.4 cm³/mol. The summed E-state index contributed by atoms with van der Waals surface area (Å²) in [7, 11) is 3.05. The van der Waals surface area contributed by atoms with Crippen molar-refractivity contribution < 1.29 is 14.3 Å². The number of hydrogen-bond donors (Lipinski definition) is 1. The van der Waals surface area contributed by atoms with E-state index in [2.05, 4.69) is 20.0 Å². The number of anilines is 1. The monoisotopic (exact) mass is 251 g/mol. The van der Waals surface area contributed by atoms with Crippen molar-refractivity contribution >= 4 is 11.8 Å². The lowest BCUT2D eigenvalue weighted by molar-refractivity contribution is 0.0593. The van der Waals surface area contributed by atoms with Gasteiger partial charge in [0.1, 0.15) is 5.82 Å². The van der Waals surface area contributed by atoms with Crippen LogP contribution in [0.2, 0.25) is 0 Å². The third-order valence-electron chi connectivity index (χ3n) is 3.10. The maximum absolute atomic E-state index is 11.3. The quantitative estimate of drug-likeness (QED) is 0.812. The Labute approximate surface area is 106 Å². The summed E-state index contributed by atoms with van der Waals surface area (Å²) < 4.78 is 9.91. The zero-order valence-corrected chi connectivity index (χ0v) is 10.5. The number of esters is 1. The van der Waals surface area contributed by atoms with Gasteiger partial charge in [0.2, 0.25) is 0 Å². The third kappa shape index (κ3) is 2.95. The van der Waals surface area contributed by atoms with Gasteiger partial charge in [-0.1, -0.05) is 0 Å². The van der Waals surface area contributed by atoms with Gasteiger partial charge < -0.3 is 14.8 Å². The van der Waals surface area contributed by atoms with Crippen molar-refractivity contribution in [3.05, 3.63) is 18.1 Å². The summed E-state index contributed by atoms with van der Waals surface area (Å²) in [6.07, 6.45) is 6.32. The van der Waals surface area contributed by atoms with Crippen molar-refractivity contribution in [2.75, 3.05) is 19.5 Å². The number of methoxy groups -OCH3 is 2. The van der Waals surface area contributed by atoms with Crippen LogP contribution in [0.25, 0.3) is 0 Å². The molecule has 2 rings (SSSR count). The Morgan fingerprint density at radius 3 is 2.89 bits per heavy atom. The highest BCUT2D eigenvalue weighted by Crippen LogP contribution is 2.24. The van der Waals surface area contributed by atoms with E-state index in [0.29, 0.717) is 18.0 Å². The van der Waals surface area contributed by atoms with Gasteiger partial charge in [-0.2, -0.15) is 0 Å². The average molecular weight is 251 g/mol. The lowest BCUT2D eigenvalue weighted by Crippen LogP contribution is -2.19. The standard InChI is InChI=1S/C12H17N3O3/c1-17-9-4-3-8(5-9)14-11-7-13-6-10(15-11)12(16)18-2/h6-9H,3-5H2,1-2H3,(H,14,15). The third-order valence-corrected chi connectivity index (χ3v) is 3.10. The smallest absolute Gasteiger partial charge is 0.358 e. The second kappa shape index (κ2) is 5.77. The Hall–Kier alpha value is -1.69. The van der Waals surface area contributed by atoms with E-state index in [1.54, 1.807) is 13.3 Å². The van der Waals surface area contributed by atoms with E-state index in [9.17, 15) is 4.79 Å². The molecule has 0 aliphatic heterocycles. The van der Waals surface area contributed by atoms with Gasteiger partial charge in [0.25, 0.3) is 0 Å². The van der Waals surface area contributed by atoms with Crippen LogP contribution in [-0.4, -0.2) is 42.3 Å². The molecule has 6 nitrogen and oxygen atoms in total. The summed E-state index contributed by atoms with van der Waals surface area (Å²) >= 11 is 0. The van der Waals surface area contributed by atoms with E-state index in [1.807, 2.05) is 0 Å². The number of nitrogens with zero attached hydrogens (tertiary/aromatic N) is 2. The zero-order chi connectivity index (χ0) is 13.0. The fraction of sp³-hybridized carbons (Fsp3) is 0.583. The van der Waals surface area contributed by atoms with E-state index in [4.69, 9.17) is 4.74 Å². The molecular formula is C12H17N3O3. The second-order valence-corrected chi connectivity index (χ2v) is 4.29. The first-order chi connectivity index (χ1) is 8.72. The van der Waals surface area contributed by atoms with E-state index in [0.717, 1.165) is 19.3 Å². The molecule has 1 aromatic heterocycles. The fourth-order valence-electron chi connectivity index (χ4n) is 2.13. The number of carbonyl (C=O) groups excluding carboxylic acids is 1. The zero-order valence-electron chi connectivity index (χ0n) is 10.5. The van der Waals surface area contributed by atoms with Crippen LogP contribution in [0.15, 0.2) is 12.4 Å². The molecule has 6 heteroatoms. The molecule has 1 aliphatic rings. The summed E-state index contributed by atoms with van der Waals surface area (Å²) in [4.78, 5) is 19.5. The molecule has 1 aromatic rings. The number of ether oxygens (including phenoxy) is 2. The number of hydrogen-bond acceptors (Lipinski definition) is 6. The summed E-state index contributed by atoms with van der Waals surface area (Å²) in [5.74, 6) is 0.118. The van der Waals surface area contributed by atoms with Crippen molar-refractivity contribution in [1.82, 2.24) is 9.97 Å². The van der Waals surface area contributed by atoms with Gasteiger partial charge in [0, 0.05) is 13.2 Å². The van der Waals surface area contributed by atoms with Gasteiger partial charge in [-0.3, -0.25) is 4.98 Å². The number of rotatable bonds is 4. The summed E-state index contributed by atoms with van der Waals surface area (Å²) in [5, 5.41) is 3.26. The Morgan fingerprint density at radius 2 is 2.22 bits per heavy atom. The molecular weight excluding hydrogens is 234 g/mol. The Balaban J connectivity index is 1.99. The molecule has 0 aromatic carbocycles. The molecule has 2 atom stereocenters. The first kappa shape index (κ1) is 12.8. The minimum absolute atomic E-state index is 0.212. The fourth-order valence-corrected chi connectivity index (χ4v) is 2.13. The molecule has 18 heavy (non-hydrogen) atoms. The first-order valence-corrected chi connectivity index (χ1v) is 5.92. The molecule has 1 aliphatic carbocycles. The summed E-state index contributed by atoms with van der Waals surface area (Å²) in [6, 6.07) is 0.317. The van der Waals surface area contributed by atoms with Gasteiger partial charge in [-0.25, -0.2) is 9.78 Å². The highest BCUT2D eigenvalue weighted by atomic mass is 16.5. The molecule has 0 bridgehead atoms. The van der Waals surface area contributed by atoms with E-state index in [1.165, 1.54) is 13.3 Å². The van der Waals surface area contributed by atoms with Gasteiger partial charge in [-0.15, -0.1) is 0 Å². The minimum atomic E-state index is -0.479. The minimum Gasteiger partial charge on any atom is -0.464 e. The molecule has 0 amide bonds. The van der Waals surface area contributed by atoms with Crippen molar-refractivity contribution in [1.29, 1.82) is 0 Å². The lowest BCUT2D eigenvalue weighted by atomic mass is 10.2. The van der Waals surface area contributed by atoms with Crippen LogP contribution >= 0.6 is 0 Å². The van der Waals surface area contributed by atoms with Gasteiger partial charge in [0.05, 0.1) is 25.6 Å². The van der Waals surface area contributed by atoms with Gasteiger partial charge in [0.15, 0.2) is 5.69 Å². The van der Waals surface area contributed by atoms with Crippen LogP contribution in [-0.2, 0) is 9.47 Å². The predicted octanol–water partition coefficient (Wildman–Crippen LogP) is 1.24. The Kier molecular flexibility index (Phi) is 4.09. The van der Waals surface area contributed by atoms with Crippen molar-refractivity contribution in [3.63, 3.8) is 0 Å². The molecule has 1 heterocycles. The van der Waals surface area contributed by atoms with Crippen LogP contribution in [0.4, 0.5) is 5.82 Å². The van der Waals surface area contributed by atoms with Crippen molar-refractivity contribution in [3.8, 4) is 0 Å². The van der Waals surface area contributed by atoms with Gasteiger partial charge in [-0.05, 0) is 19.3 Å². The number of aromatic nitrogens is 2. The lowest BCUT2D eigenvalue weighted by Gasteiger charge is -2.13. The van der Waals surface area contributed by atoms with E-state index < -0.39 is 5.97 Å². The normalized spacial score (nSPS) is 22.8. The SMILES string of the molecule is COC(=O)c1cncc(NC2CCC(OC)C2)n1. The van der Waals surface area contributed by atoms with Crippen LogP contribution in [0, 0.1) is 0 Å². The molecule has 98 valence electrons. The van der Waals surface area contributed by atoms with Crippen LogP contribution in [0.3, 0.4) is 0 Å². The van der Waals surface area contributed by atoms with Crippen LogP contribution in [0.5, 0.6) is 0 Å². The second-order valence-electron chi connectivity index (χ2n) is 4.29. The molecule has 0 spiro atoms. The Morgan fingerprint density at radius 1 is 1.39 bits per heavy atom. The maximum Gasteiger partial charge on any atom is 0.358 e. The van der Waals surface area contributed by atoms with Crippen LogP contribution in [0.1, 0.15) is 29.8 Å². The largest absolute Gasteiger partial charge is 0.464 e. The highest BCUT2D eigenvalue weighted by molar-refractivity contribution is 5.87. The summed E-state index contributed by atoms with van der Waals surface area (Å²) in [5.41, 5.74) is 0.212. The molecule has 0 radical (unpaired) electrons. The van der Waals surface area contributed by atoms with Crippen LogP contribution < -0.4 is 5.32 Å². The molecule has 0 saturated heterocycles. The topological polar surface area (TPSA) is 73.3 Å². The van der Waals surface area contributed by atoms with Crippen molar-refractivity contribution in [2.45, 2.75) is 31.4 Å². The summed E-state index contributed by atoms with van der Waals surface area (Å²) in [6.45, 7) is 0. The molecule has 1 N–H and O–H groups in total. The molecule has 1 fully saturated rings. The maximum atomic E-state index is 11.3. The highest BCUT2D eigenvalue weighted by Gasteiger charge is 2.24. The first-order valence-electron chi connectivity index (χ1n) is 5.92.